The first kappa shape index (κ1) is 16.7. The van der Waals surface area contributed by atoms with Crippen LogP contribution in [0.25, 0.3) is 32.3 Å². The third-order valence-electron chi connectivity index (χ3n) is 9.02. The summed E-state index contributed by atoms with van der Waals surface area (Å²) >= 11 is 0. The fourth-order valence-corrected chi connectivity index (χ4v) is 8.26. The zero-order valence-corrected chi connectivity index (χ0v) is 18.3. The van der Waals surface area contributed by atoms with E-state index in [2.05, 4.69) is 110 Å². The zero-order chi connectivity index (χ0) is 21.5. The van der Waals surface area contributed by atoms with Gasteiger partial charge in [0.05, 0.1) is 10.8 Å². The van der Waals surface area contributed by atoms with Crippen molar-refractivity contribution in [2.24, 2.45) is 0 Å². The quantitative estimate of drug-likeness (QED) is 0.237. The van der Waals surface area contributed by atoms with Crippen molar-refractivity contribution >= 4 is 32.3 Å². The molecule has 0 aliphatic heterocycles. The highest BCUT2D eigenvalue weighted by Gasteiger charge is 2.70. The molecule has 0 saturated heterocycles. The zero-order valence-electron chi connectivity index (χ0n) is 18.3. The minimum absolute atomic E-state index is 0.229. The first-order valence-corrected chi connectivity index (χ1v) is 11.9. The van der Waals surface area contributed by atoms with E-state index in [1.165, 1.54) is 71.3 Å². The van der Waals surface area contributed by atoms with Gasteiger partial charge in [-0.25, -0.2) is 0 Å². The largest absolute Gasteiger partial charge is 0.0650 e. The van der Waals surface area contributed by atoms with E-state index in [-0.39, 0.29) is 10.8 Å². The van der Waals surface area contributed by atoms with Gasteiger partial charge in [0, 0.05) is 0 Å². The van der Waals surface area contributed by atoms with Crippen LogP contribution in [0.4, 0.5) is 0 Å². The van der Waals surface area contributed by atoms with Crippen molar-refractivity contribution in [3.05, 3.63) is 142 Å². The average molecular weight is 417 g/mol. The molecule has 6 aromatic rings. The van der Waals surface area contributed by atoms with E-state index in [1.807, 2.05) is 0 Å². The van der Waals surface area contributed by atoms with Crippen LogP contribution >= 0.6 is 0 Å². The first-order chi connectivity index (χ1) is 16.3. The SMILES string of the molecule is Cc1ccc2cccc3c2c1C12c4cccc5cccc(c45)C31c1cccc3cccc2c13. The lowest BCUT2D eigenvalue weighted by Gasteiger charge is -2.40. The summed E-state index contributed by atoms with van der Waals surface area (Å²) in [5, 5.41) is 8.45. The standard InChI is InChI=1S/C33H20/c1-19-17-18-22-11-6-16-27-30(22)31(19)33-25-14-4-9-20-7-2-12-23(28(20)25)32(27,33)24-13-3-8-21-10-5-15-26(33)29(21)24/h2-18H,1H3. The van der Waals surface area contributed by atoms with Crippen LogP contribution in [0, 0.1) is 6.92 Å². The topological polar surface area (TPSA) is 0 Å². The van der Waals surface area contributed by atoms with Gasteiger partial charge in [-0.05, 0) is 78.2 Å². The van der Waals surface area contributed by atoms with Crippen LogP contribution in [0.15, 0.2) is 103 Å². The molecule has 0 aromatic heterocycles. The van der Waals surface area contributed by atoms with Crippen LogP contribution in [0.5, 0.6) is 0 Å². The van der Waals surface area contributed by atoms with Gasteiger partial charge in [-0.15, -0.1) is 0 Å². The molecule has 152 valence electrons. The van der Waals surface area contributed by atoms with Crippen LogP contribution in [0.2, 0.25) is 0 Å². The van der Waals surface area contributed by atoms with E-state index in [0.29, 0.717) is 0 Å². The number of benzene rings is 6. The molecule has 0 heteroatoms. The Balaban J connectivity index is 1.69. The summed E-state index contributed by atoms with van der Waals surface area (Å²) in [6, 6.07) is 39.6. The molecule has 0 N–H and O–H groups in total. The third-order valence-corrected chi connectivity index (χ3v) is 9.02. The van der Waals surface area contributed by atoms with Gasteiger partial charge in [0.25, 0.3) is 0 Å². The smallest absolute Gasteiger partial charge is 0.0613 e. The van der Waals surface area contributed by atoms with Gasteiger partial charge in [-0.3, -0.25) is 0 Å². The molecule has 0 bridgehead atoms. The second kappa shape index (κ2) is 5.02. The van der Waals surface area contributed by atoms with Crippen LogP contribution in [-0.4, -0.2) is 0 Å². The van der Waals surface area contributed by atoms with Crippen LogP contribution < -0.4 is 0 Å². The van der Waals surface area contributed by atoms with Crippen molar-refractivity contribution in [1.82, 2.24) is 0 Å². The molecule has 3 aliphatic rings. The fourth-order valence-electron chi connectivity index (χ4n) is 8.26. The molecule has 0 amide bonds. The summed E-state index contributed by atoms with van der Waals surface area (Å²) in [5.41, 5.74) is 9.84. The van der Waals surface area contributed by atoms with E-state index in [9.17, 15) is 0 Å². The van der Waals surface area contributed by atoms with Gasteiger partial charge >= 0.3 is 0 Å². The minimum atomic E-state index is -0.229. The molecule has 6 aromatic carbocycles. The molecule has 33 heavy (non-hydrogen) atoms. The molecule has 3 aliphatic carbocycles. The molecule has 0 spiro atoms. The molecular formula is C33H20. The van der Waals surface area contributed by atoms with Gasteiger partial charge in [0.1, 0.15) is 0 Å². The van der Waals surface area contributed by atoms with E-state index in [0.717, 1.165) is 0 Å². The lowest BCUT2D eigenvalue weighted by molar-refractivity contribution is 0.490. The molecule has 9 rings (SSSR count). The molecular weight excluding hydrogens is 396 g/mol. The molecule has 0 unspecified atom stereocenters. The van der Waals surface area contributed by atoms with Gasteiger partial charge in [0.2, 0.25) is 0 Å². The predicted molar refractivity (Wildman–Crippen MR) is 136 cm³/mol. The number of rotatable bonds is 0. The van der Waals surface area contributed by atoms with Crippen LogP contribution in [0.1, 0.15) is 38.9 Å². The van der Waals surface area contributed by atoms with Crippen molar-refractivity contribution in [2.75, 3.05) is 0 Å². The van der Waals surface area contributed by atoms with Crippen molar-refractivity contribution in [2.45, 2.75) is 17.8 Å². The second-order valence-corrected chi connectivity index (χ2v) is 10.1. The summed E-state index contributed by atoms with van der Waals surface area (Å²) in [5.74, 6) is 0. The first-order valence-electron chi connectivity index (χ1n) is 11.9. The van der Waals surface area contributed by atoms with Crippen LogP contribution in [0.3, 0.4) is 0 Å². The highest BCUT2D eigenvalue weighted by atomic mass is 14.7. The maximum absolute atomic E-state index is 2.42. The van der Waals surface area contributed by atoms with E-state index in [1.54, 1.807) is 0 Å². The minimum Gasteiger partial charge on any atom is -0.0613 e. The van der Waals surface area contributed by atoms with Gasteiger partial charge < -0.3 is 0 Å². The van der Waals surface area contributed by atoms with Gasteiger partial charge in [-0.1, -0.05) is 103 Å². The molecule has 0 radical (unpaired) electrons. The second-order valence-electron chi connectivity index (χ2n) is 10.1. The van der Waals surface area contributed by atoms with Gasteiger partial charge in [0.15, 0.2) is 0 Å². The fraction of sp³-hybridized carbons (Fsp3) is 0.0909. The van der Waals surface area contributed by atoms with E-state index >= 15 is 0 Å². The Morgan fingerprint density at radius 2 is 0.788 bits per heavy atom. The molecule has 0 heterocycles. The van der Waals surface area contributed by atoms with Crippen molar-refractivity contribution < 1.29 is 0 Å². The number of aryl methyl sites for hydroxylation is 1. The molecule has 0 atom stereocenters. The normalized spacial score (nSPS) is 22.9. The molecule has 0 saturated carbocycles. The Morgan fingerprint density at radius 1 is 0.394 bits per heavy atom. The predicted octanol–water partition coefficient (Wildman–Crippen LogP) is 7.76. The maximum atomic E-state index is 2.42. The van der Waals surface area contributed by atoms with E-state index < -0.39 is 0 Å². The third kappa shape index (κ3) is 1.42. The van der Waals surface area contributed by atoms with Gasteiger partial charge in [-0.2, -0.15) is 0 Å². The monoisotopic (exact) mass is 416 g/mol. The Hall–Kier alpha value is -3.90. The Labute approximate surface area is 192 Å². The molecule has 0 fully saturated rings. The number of hydrogen-bond acceptors (Lipinski definition) is 0. The number of hydrogen-bond donors (Lipinski definition) is 0. The Kier molecular flexibility index (Phi) is 2.54. The highest BCUT2D eigenvalue weighted by molar-refractivity contribution is 6.13. The Bertz CT molecular complexity index is 1790. The van der Waals surface area contributed by atoms with Crippen molar-refractivity contribution in [3.8, 4) is 0 Å². The maximum Gasteiger partial charge on any atom is 0.0650 e. The van der Waals surface area contributed by atoms with E-state index in [4.69, 9.17) is 0 Å². The summed E-state index contributed by atoms with van der Waals surface area (Å²) in [6.45, 7) is 2.32. The molecule has 0 nitrogen and oxygen atoms in total. The van der Waals surface area contributed by atoms with Crippen molar-refractivity contribution in [1.29, 1.82) is 0 Å². The lowest BCUT2D eigenvalue weighted by atomic mass is 9.58. The summed E-state index contributed by atoms with van der Waals surface area (Å²) in [7, 11) is 0. The highest BCUT2D eigenvalue weighted by Crippen LogP contribution is 2.75. The summed E-state index contributed by atoms with van der Waals surface area (Å²) in [6.07, 6.45) is 0. The lowest BCUT2D eigenvalue weighted by Crippen LogP contribution is -2.42. The van der Waals surface area contributed by atoms with Crippen molar-refractivity contribution in [3.63, 3.8) is 0 Å². The average Bonchev–Trinajstić information content (AvgIpc) is 3.39. The van der Waals surface area contributed by atoms with Crippen LogP contribution in [-0.2, 0) is 10.8 Å². The summed E-state index contributed by atoms with van der Waals surface area (Å²) in [4.78, 5) is 0. The Morgan fingerprint density at radius 3 is 1.27 bits per heavy atom. The summed E-state index contributed by atoms with van der Waals surface area (Å²) < 4.78 is 0.